The van der Waals surface area contributed by atoms with Crippen molar-refractivity contribution in [2.24, 2.45) is 22.7 Å². The summed E-state index contributed by atoms with van der Waals surface area (Å²) in [5.74, 6) is -0.195. The molecule has 0 unspecified atom stereocenters. The van der Waals surface area contributed by atoms with Gasteiger partial charge >= 0.3 is 0 Å². The molecule has 0 aromatic rings. The van der Waals surface area contributed by atoms with Crippen LogP contribution in [0.15, 0.2) is 23.8 Å². The number of aliphatic hydroxyl groups excluding tert-OH is 6. The second-order valence-corrected chi connectivity index (χ2v) is 11.4. The molecule has 0 aromatic heterocycles. The van der Waals surface area contributed by atoms with E-state index in [0.717, 1.165) is 24.8 Å². The number of allylic oxidation sites excluding steroid dienone is 2. The summed E-state index contributed by atoms with van der Waals surface area (Å²) in [5.41, 5.74) is 0.356. The monoisotopic (exact) mass is 512 g/mol. The molecule has 4 rings (SSSR count). The molecule has 2 saturated heterocycles. The standard InChI is InChI=1S/C26H40O10/c1-13-4-7-18-25(2,15(13)6-5-14-16(28)11-34-23(14)33)9-8-19(29)26(18,3)12-35-24-22(32)21(31)20(30)17(10-27)36-24/h5,15,17-24,27,29-33H,1,4,6-12H2,2-3H3/b14-5-/t15-,17-,18-,19-,20-,21+,22-,23-,24-,25+,26+/m1/s1. The number of carbonyl (C=O) groups is 1. The van der Waals surface area contributed by atoms with Crippen LogP contribution < -0.4 is 0 Å². The fourth-order valence-electron chi connectivity index (χ4n) is 7.01. The zero-order chi connectivity index (χ0) is 26.4. The molecule has 6 N–H and O–H groups in total. The minimum atomic E-state index is -1.54. The first-order chi connectivity index (χ1) is 16.9. The molecule has 11 atom stereocenters. The minimum Gasteiger partial charge on any atom is -0.394 e. The van der Waals surface area contributed by atoms with Crippen LogP contribution in [0.3, 0.4) is 0 Å². The molecule has 4 aliphatic rings. The van der Waals surface area contributed by atoms with E-state index in [-0.39, 0.29) is 41.8 Å². The molecular formula is C26H40O10. The lowest BCUT2D eigenvalue weighted by Gasteiger charge is -2.60. The van der Waals surface area contributed by atoms with E-state index >= 15 is 0 Å². The maximum absolute atomic E-state index is 12.1. The molecule has 2 aliphatic carbocycles. The molecule has 0 amide bonds. The van der Waals surface area contributed by atoms with Crippen LogP contribution in [0.25, 0.3) is 0 Å². The Hall–Kier alpha value is -1.21. The third kappa shape index (κ3) is 4.72. The Morgan fingerprint density at radius 1 is 1.11 bits per heavy atom. The lowest BCUT2D eigenvalue weighted by atomic mass is 9.46. The highest BCUT2D eigenvalue weighted by molar-refractivity contribution is 5.98. The Kier molecular flexibility index (Phi) is 8.12. The Morgan fingerprint density at radius 3 is 2.47 bits per heavy atom. The highest BCUT2D eigenvalue weighted by atomic mass is 16.7. The number of carbonyl (C=O) groups excluding carboxylic acids is 1. The number of hydrogen-bond acceptors (Lipinski definition) is 10. The fourth-order valence-corrected chi connectivity index (χ4v) is 7.01. The summed E-state index contributed by atoms with van der Waals surface area (Å²) in [4.78, 5) is 12.1. The van der Waals surface area contributed by atoms with Crippen molar-refractivity contribution in [1.29, 1.82) is 0 Å². The Labute approximate surface area is 211 Å². The predicted octanol–water partition coefficient (Wildman–Crippen LogP) is -0.213. The van der Waals surface area contributed by atoms with Gasteiger partial charge in [-0.25, -0.2) is 0 Å². The van der Waals surface area contributed by atoms with Crippen molar-refractivity contribution in [2.45, 2.75) is 89.1 Å². The average molecular weight is 513 g/mol. The second-order valence-electron chi connectivity index (χ2n) is 11.4. The van der Waals surface area contributed by atoms with Crippen LogP contribution in [-0.2, 0) is 19.0 Å². The van der Waals surface area contributed by atoms with Crippen LogP contribution in [-0.4, -0.2) is 99.3 Å². The SMILES string of the molecule is C=C1CC[C@H]2[C@](C)(CO[C@@H]3O[C@H](CO)[C@@H](O)[C@H](O)[C@H]3O)[C@H](O)CC[C@@]2(C)[C@@H]1C/C=C1/C(=O)CO[C@H]1O. The Balaban J connectivity index is 1.54. The lowest BCUT2D eigenvalue weighted by molar-refractivity contribution is -0.313. The van der Waals surface area contributed by atoms with Gasteiger partial charge in [0.25, 0.3) is 0 Å². The van der Waals surface area contributed by atoms with E-state index in [1.54, 1.807) is 6.08 Å². The van der Waals surface area contributed by atoms with Crippen molar-refractivity contribution in [3.05, 3.63) is 23.8 Å². The Bertz CT molecular complexity index is 873. The molecule has 10 heteroatoms. The lowest BCUT2D eigenvalue weighted by Crippen LogP contribution is -2.61. The fraction of sp³-hybridized carbons (Fsp3) is 0.808. The van der Waals surface area contributed by atoms with E-state index in [1.165, 1.54) is 0 Å². The summed E-state index contributed by atoms with van der Waals surface area (Å²) in [6.07, 6.45) is -3.70. The third-order valence-corrected chi connectivity index (χ3v) is 9.29. The van der Waals surface area contributed by atoms with Crippen LogP contribution in [0.1, 0.15) is 46.0 Å². The van der Waals surface area contributed by atoms with Crippen molar-refractivity contribution in [1.82, 2.24) is 0 Å². The van der Waals surface area contributed by atoms with Crippen molar-refractivity contribution in [3.8, 4) is 0 Å². The third-order valence-electron chi connectivity index (χ3n) is 9.29. The van der Waals surface area contributed by atoms with E-state index in [0.29, 0.717) is 12.8 Å². The normalized spacial score (nSPS) is 48.9. The van der Waals surface area contributed by atoms with Gasteiger partial charge in [0.2, 0.25) is 0 Å². The maximum atomic E-state index is 12.1. The molecule has 0 spiro atoms. The number of ketones is 1. The van der Waals surface area contributed by atoms with Gasteiger partial charge in [-0.05, 0) is 49.4 Å². The van der Waals surface area contributed by atoms with E-state index in [1.807, 2.05) is 6.92 Å². The van der Waals surface area contributed by atoms with Gasteiger partial charge < -0.3 is 44.8 Å². The molecule has 0 bridgehead atoms. The summed E-state index contributed by atoms with van der Waals surface area (Å²) in [6.45, 7) is 7.79. The van der Waals surface area contributed by atoms with Gasteiger partial charge in [-0.2, -0.15) is 0 Å². The summed E-state index contributed by atoms with van der Waals surface area (Å²) < 4.78 is 16.5. The van der Waals surface area contributed by atoms with E-state index in [9.17, 15) is 35.4 Å². The summed E-state index contributed by atoms with van der Waals surface area (Å²) in [6, 6.07) is 0. The van der Waals surface area contributed by atoms with E-state index in [4.69, 9.17) is 14.2 Å². The molecule has 0 aromatic carbocycles. The van der Waals surface area contributed by atoms with Crippen LogP contribution >= 0.6 is 0 Å². The van der Waals surface area contributed by atoms with Gasteiger partial charge in [-0.3, -0.25) is 4.79 Å². The minimum absolute atomic E-state index is 0.00740. The first kappa shape index (κ1) is 27.8. The van der Waals surface area contributed by atoms with Gasteiger partial charge in [0.15, 0.2) is 18.4 Å². The van der Waals surface area contributed by atoms with Crippen molar-refractivity contribution >= 4 is 5.78 Å². The van der Waals surface area contributed by atoms with Gasteiger partial charge in [-0.1, -0.05) is 32.1 Å². The molecule has 10 nitrogen and oxygen atoms in total. The highest BCUT2D eigenvalue weighted by Gasteiger charge is 2.58. The quantitative estimate of drug-likeness (QED) is 0.207. The molecule has 2 aliphatic heterocycles. The first-order valence-electron chi connectivity index (χ1n) is 12.7. The van der Waals surface area contributed by atoms with Crippen LogP contribution in [0.2, 0.25) is 0 Å². The van der Waals surface area contributed by atoms with Crippen molar-refractivity contribution in [3.63, 3.8) is 0 Å². The summed E-state index contributed by atoms with van der Waals surface area (Å²) >= 11 is 0. The molecule has 0 radical (unpaired) electrons. The number of Topliss-reactive ketones (excluding diaryl/α,β-unsaturated/α-hetero) is 1. The van der Waals surface area contributed by atoms with Crippen LogP contribution in [0, 0.1) is 22.7 Å². The van der Waals surface area contributed by atoms with Gasteiger partial charge in [0.1, 0.15) is 31.0 Å². The number of ether oxygens (including phenoxy) is 3. The molecule has 204 valence electrons. The topological polar surface area (TPSA) is 166 Å². The van der Waals surface area contributed by atoms with E-state index < -0.39 is 55.1 Å². The molecule has 2 saturated carbocycles. The van der Waals surface area contributed by atoms with Gasteiger partial charge in [0.05, 0.1) is 19.3 Å². The molecular weight excluding hydrogens is 472 g/mol. The first-order valence-corrected chi connectivity index (χ1v) is 12.7. The zero-order valence-electron chi connectivity index (χ0n) is 21.0. The molecule has 2 heterocycles. The number of rotatable bonds is 6. The maximum Gasteiger partial charge on any atom is 0.189 e. The molecule has 4 fully saturated rings. The summed E-state index contributed by atoms with van der Waals surface area (Å²) in [7, 11) is 0. The second kappa shape index (κ2) is 10.5. The van der Waals surface area contributed by atoms with Crippen LogP contribution in [0.4, 0.5) is 0 Å². The largest absolute Gasteiger partial charge is 0.394 e. The average Bonchev–Trinajstić information content (AvgIpc) is 3.16. The number of hydrogen-bond donors (Lipinski definition) is 6. The number of fused-ring (bicyclic) bond motifs is 1. The predicted molar refractivity (Wildman–Crippen MR) is 126 cm³/mol. The smallest absolute Gasteiger partial charge is 0.189 e. The zero-order valence-corrected chi connectivity index (χ0v) is 21.0. The van der Waals surface area contributed by atoms with Crippen molar-refractivity contribution < 1.29 is 49.6 Å². The van der Waals surface area contributed by atoms with Gasteiger partial charge in [0, 0.05) is 11.0 Å². The summed E-state index contributed by atoms with van der Waals surface area (Å²) in [5, 5.41) is 61.2. The molecule has 36 heavy (non-hydrogen) atoms. The Morgan fingerprint density at radius 2 is 1.83 bits per heavy atom. The number of aliphatic hydroxyl groups is 6. The van der Waals surface area contributed by atoms with Gasteiger partial charge in [-0.15, -0.1) is 0 Å². The van der Waals surface area contributed by atoms with Crippen LogP contribution in [0.5, 0.6) is 0 Å². The van der Waals surface area contributed by atoms with Crippen molar-refractivity contribution in [2.75, 3.05) is 19.8 Å². The van der Waals surface area contributed by atoms with E-state index in [2.05, 4.69) is 13.5 Å². The highest BCUT2D eigenvalue weighted by Crippen LogP contribution is 2.62.